The summed E-state index contributed by atoms with van der Waals surface area (Å²) < 4.78 is 10.5. The average Bonchev–Trinajstić information content (AvgIpc) is 2.48. The normalized spacial score (nSPS) is 22.4. The van der Waals surface area contributed by atoms with Crippen molar-refractivity contribution in [1.29, 1.82) is 0 Å². The molecule has 0 aliphatic carbocycles. The summed E-state index contributed by atoms with van der Waals surface area (Å²) in [6, 6.07) is 7.13. The van der Waals surface area contributed by atoms with Gasteiger partial charge in [0, 0.05) is 13.1 Å². The predicted octanol–water partition coefficient (Wildman–Crippen LogP) is 1.30. The third-order valence-corrected chi connectivity index (χ3v) is 3.63. The molecule has 2 unspecified atom stereocenters. The van der Waals surface area contributed by atoms with Crippen LogP contribution in [-0.4, -0.2) is 48.8 Å². The maximum Gasteiger partial charge on any atom is 0.260 e. The number of carbonyl (C=O) groups excluding carboxylic acids is 1. The molecule has 1 aliphatic heterocycles. The first-order valence-corrected chi connectivity index (χ1v) is 6.83. The summed E-state index contributed by atoms with van der Waals surface area (Å²) in [6.07, 6.45) is 0.330. The van der Waals surface area contributed by atoms with E-state index >= 15 is 0 Å². The number of ether oxygens (including phenoxy) is 2. The average molecular weight is 279 g/mol. The van der Waals surface area contributed by atoms with Crippen LogP contribution in [0.1, 0.15) is 13.3 Å². The molecule has 20 heavy (non-hydrogen) atoms. The van der Waals surface area contributed by atoms with Crippen molar-refractivity contribution in [3.8, 4) is 11.5 Å². The number of nitrogens with zero attached hydrogens (tertiary/aromatic N) is 1. The summed E-state index contributed by atoms with van der Waals surface area (Å²) in [5.74, 6) is 1.47. The Morgan fingerprint density at radius 3 is 2.60 bits per heavy atom. The number of benzene rings is 1. The lowest BCUT2D eigenvalue weighted by Crippen LogP contribution is -2.46. The molecule has 1 aliphatic rings. The number of hydrogen-bond acceptors (Lipinski definition) is 4. The van der Waals surface area contributed by atoms with Crippen molar-refractivity contribution in [2.45, 2.75) is 19.4 Å². The summed E-state index contributed by atoms with van der Waals surface area (Å²) in [5, 5.41) is 9.65. The molecule has 2 rings (SSSR count). The van der Waals surface area contributed by atoms with Crippen molar-refractivity contribution in [2.24, 2.45) is 5.92 Å². The molecule has 0 saturated carbocycles. The lowest BCUT2D eigenvalue weighted by molar-refractivity contribution is -0.136. The van der Waals surface area contributed by atoms with Gasteiger partial charge in [-0.1, -0.05) is 6.92 Å². The number of amides is 1. The highest BCUT2D eigenvalue weighted by Gasteiger charge is 2.27. The summed E-state index contributed by atoms with van der Waals surface area (Å²) in [4.78, 5) is 13.8. The van der Waals surface area contributed by atoms with Gasteiger partial charge in [0.2, 0.25) is 0 Å². The molecule has 1 heterocycles. The first-order valence-electron chi connectivity index (χ1n) is 6.83. The molecular formula is C15H21NO4. The van der Waals surface area contributed by atoms with Gasteiger partial charge in [0.1, 0.15) is 11.5 Å². The van der Waals surface area contributed by atoms with Gasteiger partial charge in [-0.3, -0.25) is 4.79 Å². The van der Waals surface area contributed by atoms with Gasteiger partial charge in [-0.05, 0) is 36.6 Å². The van der Waals surface area contributed by atoms with E-state index in [2.05, 4.69) is 0 Å². The van der Waals surface area contributed by atoms with Crippen molar-refractivity contribution >= 4 is 5.91 Å². The number of methoxy groups -OCH3 is 1. The minimum Gasteiger partial charge on any atom is -0.497 e. The molecule has 1 amide bonds. The summed E-state index contributed by atoms with van der Waals surface area (Å²) >= 11 is 0. The molecule has 5 heteroatoms. The minimum atomic E-state index is -0.304. The van der Waals surface area contributed by atoms with E-state index in [4.69, 9.17) is 9.47 Å². The Morgan fingerprint density at radius 1 is 1.35 bits per heavy atom. The van der Waals surface area contributed by atoms with Crippen LogP contribution < -0.4 is 9.47 Å². The van der Waals surface area contributed by atoms with E-state index in [9.17, 15) is 9.90 Å². The Bertz CT molecular complexity index is 446. The molecule has 0 spiro atoms. The molecule has 1 N–H and O–H groups in total. The van der Waals surface area contributed by atoms with Gasteiger partial charge in [-0.25, -0.2) is 0 Å². The first-order chi connectivity index (χ1) is 9.60. The van der Waals surface area contributed by atoms with Crippen molar-refractivity contribution in [3.63, 3.8) is 0 Å². The van der Waals surface area contributed by atoms with Crippen LogP contribution in [0.3, 0.4) is 0 Å². The minimum absolute atomic E-state index is 0.0230. The Morgan fingerprint density at radius 2 is 2.00 bits per heavy atom. The van der Waals surface area contributed by atoms with Gasteiger partial charge >= 0.3 is 0 Å². The highest BCUT2D eigenvalue weighted by Crippen LogP contribution is 2.19. The Balaban J connectivity index is 1.82. The second kappa shape index (κ2) is 6.61. The number of hydrogen-bond donors (Lipinski definition) is 1. The number of carbonyl (C=O) groups is 1. The summed E-state index contributed by atoms with van der Waals surface area (Å²) in [5.41, 5.74) is 0. The highest BCUT2D eigenvalue weighted by molar-refractivity contribution is 5.77. The van der Waals surface area contributed by atoms with Gasteiger partial charge < -0.3 is 19.5 Å². The molecule has 1 aromatic rings. The Kier molecular flexibility index (Phi) is 4.84. The van der Waals surface area contributed by atoms with Crippen molar-refractivity contribution in [1.82, 2.24) is 4.90 Å². The van der Waals surface area contributed by atoms with Gasteiger partial charge in [0.25, 0.3) is 5.91 Å². The number of piperidine rings is 1. The van der Waals surface area contributed by atoms with Crippen molar-refractivity contribution in [2.75, 3.05) is 26.8 Å². The third-order valence-electron chi connectivity index (χ3n) is 3.63. The fraction of sp³-hybridized carbons (Fsp3) is 0.533. The van der Waals surface area contributed by atoms with E-state index in [1.54, 1.807) is 36.3 Å². The maximum absolute atomic E-state index is 12.0. The van der Waals surface area contributed by atoms with Crippen molar-refractivity contribution in [3.05, 3.63) is 24.3 Å². The fourth-order valence-corrected chi connectivity index (χ4v) is 2.27. The van der Waals surface area contributed by atoms with Crippen LogP contribution in [0.4, 0.5) is 0 Å². The molecule has 0 aromatic heterocycles. The SMILES string of the molecule is COc1ccc(OCC(=O)N2CCC(O)C(C)C2)cc1. The number of rotatable bonds is 4. The lowest BCUT2D eigenvalue weighted by Gasteiger charge is -2.34. The van der Waals surface area contributed by atoms with Gasteiger partial charge in [0.05, 0.1) is 13.2 Å². The van der Waals surface area contributed by atoms with E-state index in [-0.39, 0.29) is 24.5 Å². The number of aliphatic hydroxyl groups is 1. The van der Waals surface area contributed by atoms with Crippen LogP contribution in [-0.2, 0) is 4.79 Å². The van der Waals surface area contributed by atoms with E-state index in [0.29, 0.717) is 25.3 Å². The van der Waals surface area contributed by atoms with Crippen molar-refractivity contribution < 1.29 is 19.4 Å². The molecule has 0 bridgehead atoms. The Hall–Kier alpha value is -1.75. The monoisotopic (exact) mass is 279 g/mol. The molecule has 1 saturated heterocycles. The van der Waals surface area contributed by atoms with E-state index in [1.807, 2.05) is 6.92 Å². The smallest absolute Gasteiger partial charge is 0.260 e. The predicted molar refractivity (Wildman–Crippen MR) is 74.9 cm³/mol. The number of aliphatic hydroxyl groups excluding tert-OH is 1. The van der Waals surface area contributed by atoms with Crippen LogP contribution >= 0.6 is 0 Å². The molecule has 1 fully saturated rings. The topological polar surface area (TPSA) is 59.0 Å². The van der Waals surface area contributed by atoms with Crippen LogP contribution in [0.25, 0.3) is 0 Å². The standard InChI is InChI=1S/C15H21NO4/c1-11-9-16(8-7-14(11)17)15(18)10-20-13-5-3-12(19-2)4-6-13/h3-6,11,14,17H,7-10H2,1-2H3. The maximum atomic E-state index is 12.0. The second-order valence-corrected chi connectivity index (χ2v) is 5.14. The molecule has 2 atom stereocenters. The van der Waals surface area contributed by atoms with Gasteiger partial charge in [-0.2, -0.15) is 0 Å². The summed E-state index contributed by atoms with van der Waals surface area (Å²) in [6.45, 7) is 3.16. The zero-order valence-corrected chi connectivity index (χ0v) is 11.9. The molecular weight excluding hydrogens is 258 g/mol. The van der Waals surface area contributed by atoms with Gasteiger partial charge in [0.15, 0.2) is 6.61 Å². The van der Waals surface area contributed by atoms with Crippen LogP contribution in [0, 0.1) is 5.92 Å². The molecule has 110 valence electrons. The Labute approximate surface area is 119 Å². The van der Waals surface area contributed by atoms with Crippen LogP contribution in [0.2, 0.25) is 0 Å². The fourth-order valence-electron chi connectivity index (χ4n) is 2.27. The second-order valence-electron chi connectivity index (χ2n) is 5.14. The van der Waals surface area contributed by atoms with Crippen LogP contribution in [0.15, 0.2) is 24.3 Å². The lowest BCUT2D eigenvalue weighted by atomic mass is 9.97. The number of likely N-dealkylation sites (tertiary alicyclic amines) is 1. The third kappa shape index (κ3) is 3.63. The van der Waals surface area contributed by atoms with Crippen LogP contribution in [0.5, 0.6) is 11.5 Å². The zero-order valence-electron chi connectivity index (χ0n) is 11.9. The van der Waals surface area contributed by atoms with Gasteiger partial charge in [-0.15, -0.1) is 0 Å². The summed E-state index contributed by atoms with van der Waals surface area (Å²) in [7, 11) is 1.60. The van der Waals surface area contributed by atoms with E-state index in [1.165, 1.54) is 0 Å². The zero-order chi connectivity index (χ0) is 14.5. The molecule has 1 aromatic carbocycles. The highest BCUT2D eigenvalue weighted by atomic mass is 16.5. The molecule has 0 radical (unpaired) electrons. The first kappa shape index (κ1) is 14.7. The quantitative estimate of drug-likeness (QED) is 0.902. The van der Waals surface area contributed by atoms with E-state index < -0.39 is 0 Å². The van der Waals surface area contributed by atoms with E-state index in [0.717, 1.165) is 5.75 Å². The largest absolute Gasteiger partial charge is 0.497 e. The molecule has 5 nitrogen and oxygen atoms in total.